The Balaban J connectivity index is 1.48. The van der Waals surface area contributed by atoms with E-state index in [0.29, 0.717) is 25.9 Å². The summed E-state index contributed by atoms with van der Waals surface area (Å²) >= 11 is 3.38. The number of benzene rings is 2. The minimum absolute atomic E-state index is 0.0284. The molecule has 1 fully saturated rings. The summed E-state index contributed by atoms with van der Waals surface area (Å²) in [7, 11) is 0. The Bertz CT molecular complexity index is 722. The Morgan fingerprint density at radius 3 is 2.28 bits per heavy atom. The van der Waals surface area contributed by atoms with Gasteiger partial charge < -0.3 is 9.64 Å². The average molecular weight is 402 g/mol. The number of amides is 1. The van der Waals surface area contributed by atoms with Crippen LogP contribution in [-0.2, 0) is 11.3 Å². The molecule has 0 spiro atoms. The zero-order chi connectivity index (χ0) is 17.6. The molecule has 0 aromatic heterocycles. The number of carbonyl (C=O) groups is 2. The van der Waals surface area contributed by atoms with Crippen molar-refractivity contribution in [3.8, 4) is 0 Å². The zero-order valence-electron chi connectivity index (χ0n) is 13.9. The maximum Gasteiger partial charge on any atom is 0.410 e. The van der Waals surface area contributed by atoms with Crippen LogP contribution < -0.4 is 0 Å². The molecule has 2 aromatic carbocycles. The fraction of sp³-hybridized carbons (Fsp3) is 0.300. The van der Waals surface area contributed by atoms with Crippen LogP contribution in [0.3, 0.4) is 0 Å². The monoisotopic (exact) mass is 401 g/mol. The van der Waals surface area contributed by atoms with E-state index < -0.39 is 0 Å². The maximum atomic E-state index is 12.5. The number of likely N-dealkylation sites (tertiary alicyclic amines) is 1. The summed E-state index contributed by atoms with van der Waals surface area (Å²) in [5.41, 5.74) is 1.70. The molecule has 1 saturated heterocycles. The van der Waals surface area contributed by atoms with Gasteiger partial charge in [-0.05, 0) is 30.5 Å². The Labute approximate surface area is 155 Å². The number of piperidine rings is 1. The summed E-state index contributed by atoms with van der Waals surface area (Å²) in [6.45, 7) is 1.39. The van der Waals surface area contributed by atoms with Gasteiger partial charge in [-0.25, -0.2) is 4.79 Å². The van der Waals surface area contributed by atoms with Gasteiger partial charge in [-0.2, -0.15) is 0 Å². The van der Waals surface area contributed by atoms with Crippen molar-refractivity contribution in [3.05, 3.63) is 70.2 Å². The molecule has 0 N–H and O–H groups in total. The van der Waals surface area contributed by atoms with E-state index in [1.54, 1.807) is 4.90 Å². The quantitative estimate of drug-likeness (QED) is 0.698. The minimum atomic E-state index is -0.307. The number of Topliss-reactive ketones (excluding diaryl/α,β-unsaturated/α-hetero) is 1. The Morgan fingerprint density at radius 1 is 1.00 bits per heavy atom. The molecule has 4 nitrogen and oxygen atoms in total. The highest BCUT2D eigenvalue weighted by molar-refractivity contribution is 9.10. The molecule has 25 heavy (non-hydrogen) atoms. The normalized spacial score (nSPS) is 15.0. The van der Waals surface area contributed by atoms with Gasteiger partial charge in [0.1, 0.15) is 6.61 Å². The molecule has 1 aliphatic heterocycles. The van der Waals surface area contributed by atoms with E-state index in [4.69, 9.17) is 4.74 Å². The largest absolute Gasteiger partial charge is 0.445 e. The van der Waals surface area contributed by atoms with Gasteiger partial charge in [-0.1, -0.05) is 58.4 Å². The highest BCUT2D eigenvalue weighted by Crippen LogP contribution is 2.23. The Hall–Kier alpha value is -2.14. The van der Waals surface area contributed by atoms with Crippen molar-refractivity contribution in [2.45, 2.75) is 19.4 Å². The maximum absolute atomic E-state index is 12.5. The molecule has 130 valence electrons. The Morgan fingerprint density at radius 2 is 1.64 bits per heavy atom. The zero-order valence-corrected chi connectivity index (χ0v) is 15.4. The van der Waals surface area contributed by atoms with Gasteiger partial charge in [0, 0.05) is 29.0 Å². The van der Waals surface area contributed by atoms with Gasteiger partial charge in [0.2, 0.25) is 0 Å². The van der Waals surface area contributed by atoms with E-state index in [0.717, 1.165) is 15.6 Å². The summed E-state index contributed by atoms with van der Waals surface area (Å²) in [4.78, 5) is 26.4. The molecule has 0 bridgehead atoms. The lowest BCUT2D eigenvalue weighted by atomic mass is 9.89. The van der Waals surface area contributed by atoms with Crippen LogP contribution in [0.1, 0.15) is 28.8 Å². The van der Waals surface area contributed by atoms with Gasteiger partial charge in [-0.15, -0.1) is 0 Å². The van der Waals surface area contributed by atoms with Crippen LogP contribution in [0.5, 0.6) is 0 Å². The average Bonchev–Trinajstić information content (AvgIpc) is 2.67. The van der Waals surface area contributed by atoms with Crippen LogP contribution in [0.15, 0.2) is 59.1 Å². The van der Waals surface area contributed by atoms with Crippen LogP contribution in [-0.4, -0.2) is 29.9 Å². The van der Waals surface area contributed by atoms with Crippen molar-refractivity contribution in [1.82, 2.24) is 4.90 Å². The van der Waals surface area contributed by atoms with Crippen LogP contribution in [0.4, 0.5) is 4.79 Å². The predicted molar refractivity (Wildman–Crippen MR) is 99.4 cm³/mol. The first-order valence-corrected chi connectivity index (χ1v) is 9.18. The van der Waals surface area contributed by atoms with E-state index in [2.05, 4.69) is 15.9 Å². The fourth-order valence-corrected chi connectivity index (χ4v) is 3.25. The minimum Gasteiger partial charge on any atom is -0.445 e. The molecular weight excluding hydrogens is 382 g/mol. The van der Waals surface area contributed by atoms with Crippen molar-refractivity contribution in [2.24, 2.45) is 5.92 Å². The summed E-state index contributed by atoms with van der Waals surface area (Å²) in [5, 5.41) is 0. The number of hydrogen-bond donors (Lipinski definition) is 0. The van der Waals surface area contributed by atoms with Crippen LogP contribution in [0, 0.1) is 5.92 Å². The van der Waals surface area contributed by atoms with Crippen molar-refractivity contribution in [1.29, 1.82) is 0 Å². The highest BCUT2D eigenvalue weighted by Gasteiger charge is 2.28. The van der Waals surface area contributed by atoms with Crippen LogP contribution in [0.2, 0.25) is 0 Å². The molecule has 1 amide bonds. The number of carbonyl (C=O) groups excluding carboxylic acids is 2. The highest BCUT2D eigenvalue weighted by atomic mass is 79.9. The molecule has 0 aliphatic carbocycles. The van der Waals surface area contributed by atoms with Crippen molar-refractivity contribution in [3.63, 3.8) is 0 Å². The number of rotatable bonds is 4. The summed E-state index contributed by atoms with van der Waals surface area (Å²) in [5.74, 6) is 0.129. The van der Waals surface area contributed by atoms with E-state index >= 15 is 0 Å². The van der Waals surface area contributed by atoms with Crippen LogP contribution >= 0.6 is 15.9 Å². The number of halogens is 1. The lowest BCUT2D eigenvalue weighted by Gasteiger charge is -2.30. The molecule has 1 heterocycles. The second-order valence-electron chi connectivity index (χ2n) is 6.17. The van der Waals surface area contributed by atoms with Gasteiger partial charge in [0.15, 0.2) is 5.78 Å². The molecule has 0 radical (unpaired) electrons. The smallest absolute Gasteiger partial charge is 0.410 e. The second-order valence-corrected chi connectivity index (χ2v) is 7.09. The first-order valence-electron chi connectivity index (χ1n) is 8.39. The first kappa shape index (κ1) is 17.7. The van der Waals surface area contributed by atoms with E-state index in [9.17, 15) is 9.59 Å². The Kier molecular flexibility index (Phi) is 5.87. The van der Waals surface area contributed by atoms with Gasteiger partial charge in [0.25, 0.3) is 0 Å². The number of nitrogens with zero attached hydrogens (tertiary/aromatic N) is 1. The second kappa shape index (κ2) is 8.30. The van der Waals surface area contributed by atoms with Crippen LogP contribution in [0.25, 0.3) is 0 Å². The third kappa shape index (κ3) is 4.69. The van der Waals surface area contributed by atoms with Gasteiger partial charge in [-0.3, -0.25) is 4.79 Å². The van der Waals surface area contributed by atoms with E-state index in [1.807, 2.05) is 54.6 Å². The lowest BCUT2D eigenvalue weighted by Crippen LogP contribution is -2.40. The third-order valence-electron chi connectivity index (χ3n) is 4.46. The van der Waals surface area contributed by atoms with E-state index in [-0.39, 0.29) is 24.4 Å². The van der Waals surface area contributed by atoms with Crippen molar-refractivity contribution < 1.29 is 14.3 Å². The SMILES string of the molecule is O=C(c1ccc(Br)cc1)C1CCN(C(=O)OCc2ccccc2)CC1. The molecular formula is C20H20BrNO3. The number of hydrogen-bond acceptors (Lipinski definition) is 3. The van der Waals surface area contributed by atoms with E-state index in [1.165, 1.54) is 0 Å². The molecule has 0 unspecified atom stereocenters. The molecule has 1 aliphatic rings. The van der Waals surface area contributed by atoms with Gasteiger partial charge >= 0.3 is 6.09 Å². The fourth-order valence-electron chi connectivity index (χ4n) is 2.98. The standard InChI is InChI=1S/C20H20BrNO3/c21-18-8-6-16(7-9-18)19(23)17-10-12-22(13-11-17)20(24)25-14-15-4-2-1-3-5-15/h1-9,17H,10-14H2. The molecule has 0 atom stereocenters. The number of ether oxygens (including phenoxy) is 1. The lowest BCUT2D eigenvalue weighted by molar-refractivity contribution is 0.0713. The van der Waals surface area contributed by atoms with Crippen molar-refractivity contribution >= 4 is 27.8 Å². The summed E-state index contributed by atoms with van der Waals surface area (Å²) < 4.78 is 6.32. The van der Waals surface area contributed by atoms with Gasteiger partial charge in [0.05, 0.1) is 0 Å². The molecule has 3 rings (SSSR count). The molecule has 2 aromatic rings. The topological polar surface area (TPSA) is 46.6 Å². The predicted octanol–water partition coefficient (Wildman–Crippen LogP) is 4.68. The summed E-state index contributed by atoms with van der Waals surface area (Å²) in [6.07, 6.45) is 1.04. The molecule has 0 saturated carbocycles. The first-order chi connectivity index (χ1) is 12.1. The summed E-state index contributed by atoms with van der Waals surface area (Å²) in [6, 6.07) is 17.1. The third-order valence-corrected chi connectivity index (χ3v) is 4.99. The number of ketones is 1. The molecule has 5 heteroatoms. The van der Waals surface area contributed by atoms with Crippen molar-refractivity contribution in [2.75, 3.05) is 13.1 Å².